The quantitative estimate of drug-likeness (QED) is 0.788. The maximum atomic E-state index is 12.5. The molecule has 7 nitrogen and oxygen atoms in total. The second-order valence-electron chi connectivity index (χ2n) is 6.54. The Balaban J connectivity index is 2.08. The van der Waals surface area contributed by atoms with E-state index >= 15 is 0 Å². The molecule has 0 atom stereocenters. The molecular weight excluding hydrogens is 280 g/mol. The number of nitrogens with one attached hydrogen (secondary N) is 2. The zero-order valence-electron chi connectivity index (χ0n) is 13.9. The van der Waals surface area contributed by atoms with Crippen molar-refractivity contribution in [1.82, 2.24) is 25.0 Å². The Morgan fingerprint density at radius 3 is 2.77 bits per heavy atom. The molecule has 2 heterocycles. The van der Waals surface area contributed by atoms with Crippen LogP contribution in [0.15, 0.2) is 18.2 Å². The number of rotatable bonds is 6. The van der Waals surface area contributed by atoms with Crippen LogP contribution in [0.25, 0.3) is 0 Å². The van der Waals surface area contributed by atoms with Crippen molar-refractivity contribution >= 4 is 11.9 Å². The minimum absolute atomic E-state index is 0.0182. The van der Waals surface area contributed by atoms with Gasteiger partial charge in [-0.25, -0.2) is 4.98 Å². The van der Waals surface area contributed by atoms with Gasteiger partial charge in [-0.15, -0.1) is 5.10 Å². The normalized spacial score (nSPS) is 15.2. The molecule has 2 rings (SSSR count). The van der Waals surface area contributed by atoms with Crippen molar-refractivity contribution in [3.63, 3.8) is 0 Å². The van der Waals surface area contributed by atoms with E-state index in [1.165, 1.54) is 19.2 Å². The summed E-state index contributed by atoms with van der Waals surface area (Å²) in [5.74, 6) is 0.136. The Labute approximate surface area is 131 Å². The summed E-state index contributed by atoms with van der Waals surface area (Å²) >= 11 is 0. The molecule has 1 aliphatic rings. The van der Waals surface area contributed by atoms with E-state index in [1.807, 2.05) is 6.20 Å². The Morgan fingerprint density at radius 1 is 1.41 bits per heavy atom. The van der Waals surface area contributed by atoms with Crippen molar-refractivity contribution in [2.45, 2.75) is 52.5 Å². The van der Waals surface area contributed by atoms with Crippen LogP contribution in [0, 0.1) is 0 Å². The number of H-pyrrole nitrogens is 1. The molecule has 2 N–H and O–H groups in total. The zero-order chi connectivity index (χ0) is 16.2. The topological polar surface area (TPSA) is 77.1 Å². The number of aromatic nitrogens is 3. The number of carbonyl (C=O) groups excluding carboxylic acids is 1. The second kappa shape index (κ2) is 6.81. The van der Waals surface area contributed by atoms with Crippen LogP contribution in [0.4, 0.5) is 5.95 Å². The highest BCUT2D eigenvalue weighted by Gasteiger charge is 2.31. The Kier molecular flexibility index (Phi) is 5.05. The monoisotopic (exact) mass is 306 g/mol. The number of aromatic amines is 1. The molecule has 0 unspecified atom stereocenters. The molecular formula is C15H26N6O. The van der Waals surface area contributed by atoms with Gasteiger partial charge in [-0.2, -0.15) is 0 Å². The summed E-state index contributed by atoms with van der Waals surface area (Å²) in [6.45, 7) is 10.2. The van der Waals surface area contributed by atoms with Gasteiger partial charge in [0, 0.05) is 18.3 Å². The maximum Gasteiger partial charge on any atom is 0.275 e. The van der Waals surface area contributed by atoms with Crippen molar-refractivity contribution in [3.05, 3.63) is 18.2 Å². The first kappa shape index (κ1) is 16.3. The van der Waals surface area contributed by atoms with Crippen LogP contribution in [0.3, 0.4) is 0 Å². The van der Waals surface area contributed by atoms with Crippen LogP contribution in [-0.2, 0) is 4.79 Å². The predicted octanol–water partition coefficient (Wildman–Crippen LogP) is 2.15. The second-order valence-corrected chi connectivity index (χ2v) is 6.54. The van der Waals surface area contributed by atoms with E-state index in [0.29, 0.717) is 11.6 Å². The summed E-state index contributed by atoms with van der Waals surface area (Å²) in [5.41, 5.74) is 0.658. The SMILES string of the molecule is CCCCCN1CN(C(C)(C)C)C=C1C(=O)Nc1nc[nH]n1. The third-order valence-electron chi connectivity index (χ3n) is 3.71. The number of nitrogens with zero attached hydrogens (tertiary/aromatic N) is 4. The molecule has 0 fully saturated rings. The number of amides is 1. The third-order valence-corrected chi connectivity index (χ3v) is 3.71. The highest BCUT2D eigenvalue weighted by molar-refractivity contribution is 6.02. The summed E-state index contributed by atoms with van der Waals surface area (Å²) in [6, 6.07) is 0. The van der Waals surface area contributed by atoms with E-state index in [-0.39, 0.29) is 11.4 Å². The molecule has 0 saturated carbocycles. The molecule has 1 aromatic rings. The highest BCUT2D eigenvalue weighted by atomic mass is 16.2. The minimum Gasteiger partial charge on any atom is -0.353 e. The van der Waals surface area contributed by atoms with Crippen molar-refractivity contribution in [1.29, 1.82) is 0 Å². The van der Waals surface area contributed by atoms with Gasteiger partial charge in [0.2, 0.25) is 5.95 Å². The lowest BCUT2D eigenvalue weighted by molar-refractivity contribution is -0.114. The molecule has 122 valence electrons. The summed E-state index contributed by atoms with van der Waals surface area (Å²) in [4.78, 5) is 20.7. The smallest absolute Gasteiger partial charge is 0.275 e. The van der Waals surface area contributed by atoms with E-state index in [4.69, 9.17) is 0 Å². The molecule has 1 amide bonds. The van der Waals surface area contributed by atoms with Crippen molar-refractivity contribution in [2.24, 2.45) is 0 Å². The fourth-order valence-electron chi connectivity index (χ4n) is 2.32. The fourth-order valence-corrected chi connectivity index (χ4v) is 2.32. The van der Waals surface area contributed by atoms with Crippen molar-refractivity contribution < 1.29 is 4.79 Å². The average molecular weight is 306 g/mol. The van der Waals surface area contributed by atoms with Gasteiger partial charge in [0.15, 0.2) is 0 Å². The minimum atomic E-state index is -0.164. The van der Waals surface area contributed by atoms with Gasteiger partial charge in [0.1, 0.15) is 12.0 Å². The van der Waals surface area contributed by atoms with Gasteiger partial charge in [-0.05, 0) is 27.2 Å². The van der Waals surface area contributed by atoms with Gasteiger partial charge < -0.3 is 9.80 Å². The molecule has 1 aromatic heterocycles. The maximum absolute atomic E-state index is 12.5. The largest absolute Gasteiger partial charge is 0.353 e. The first-order valence-corrected chi connectivity index (χ1v) is 7.82. The molecule has 1 aliphatic heterocycles. The summed E-state index contributed by atoms with van der Waals surface area (Å²) in [5, 5.41) is 9.19. The standard InChI is InChI=1S/C15H26N6O/c1-5-6-7-8-20-11-21(15(2,3)4)9-12(20)13(22)18-14-16-10-17-19-14/h9-10H,5-8,11H2,1-4H3,(H2,16,17,18,19,22). The summed E-state index contributed by atoms with van der Waals surface area (Å²) < 4.78 is 0. The lowest BCUT2D eigenvalue weighted by Crippen LogP contribution is -2.40. The molecule has 0 radical (unpaired) electrons. The number of unbranched alkanes of at least 4 members (excludes halogenated alkanes) is 2. The summed E-state index contributed by atoms with van der Waals surface area (Å²) in [7, 11) is 0. The third kappa shape index (κ3) is 3.99. The molecule has 22 heavy (non-hydrogen) atoms. The first-order chi connectivity index (χ1) is 10.4. The van der Waals surface area contributed by atoms with Crippen LogP contribution >= 0.6 is 0 Å². The number of hydrogen-bond donors (Lipinski definition) is 2. The molecule has 0 aliphatic carbocycles. The van der Waals surface area contributed by atoms with Crippen LogP contribution < -0.4 is 5.32 Å². The van der Waals surface area contributed by atoms with Crippen molar-refractivity contribution in [2.75, 3.05) is 18.5 Å². The van der Waals surface area contributed by atoms with Gasteiger partial charge in [-0.1, -0.05) is 19.8 Å². The molecule has 0 saturated heterocycles. The summed E-state index contributed by atoms with van der Waals surface area (Å²) in [6.07, 6.45) is 6.80. The van der Waals surface area contributed by atoms with E-state index in [1.54, 1.807) is 0 Å². The first-order valence-electron chi connectivity index (χ1n) is 7.82. The Morgan fingerprint density at radius 2 is 2.18 bits per heavy atom. The van der Waals surface area contributed by atoms with Gasteiger partial charge >= 0.3 is 0 Å². The average Bonchev–Trinajstić information content (AvgIpc) is 3.07. The Hall–Kier alpha value is -2.05. The fraction of sp³-hybridized carbons (Fsp3) is 0.667. The lowest BCUT2D eigenvalue weighted by Gasteiger charge is -2.33. The van der Waals surface area contributed by atoms with Crippen LogP contribution in [0.1, 0.15) is 47.0 Å². The number of hydrogen-bond acceptors (Lipinski definition) is 5. The van der Waals surface area contributed by atoms with E-state index in [0.717, 1.165) is 19.6 Å². The van der Waals surface area contributed by atoms with Gasteiger partial charge in [-0.3, -0.25) is 15.2 Å². The lowest BCUT2D eigenvalue weighted by atomic mass is 10.1. The number of anilines is 1. The molecule has 7 heteroatoms. The highest BCUT2D eigenvalue weighted by Crippen LogP contribution is 2.25. The zero-order valence-corrected chi connectivity index (χ0v) is 13.9. The Bertz CT molecular complexity index is 517. The molecule has 0 spiro atoms. The van der Waals surface area contributed by atoms with E-state index in [2.05, 4.69) is 58.0 Å². The van der Waals surface area contributed by atoms with E-state index < -0.39 is 0 Å². The van der Waals surface area contributed by atoms with Gasteiger partial charge in [0.25, 0.3) is 5.91 Å². The van der Waals surface area contributed by atoms with Crippen LogP contribution in [0.5, 0.6) is 0 Å². The van der Waals surface area contributed by atoms with Crippen LogP contribution in [0.2, 0.25) is 0 Å². The van der Waals surface area contributed by atoms with Crippen LogP contribution in [-0.4, -0.2) is 49.6 Å². The predicted molar refractivity (Wildman–Crippen MR) is 85.8 cm³/mol. The van der Waals surface area contributed by atoms with E-state index in [9.17, 15) is 4.79 Å². The molecule has 0 bridgehead atoms. The number of carbonyl (C=O) groups is 1. The van der Waals surface area contributed by atoms with Crippen molar-refractivity contribution in [3.8, 4) is 0 Å². The van der Waals surface area contributed by atoms with Gasteiger partial charge in [0.05, 0.1) is 6.67 Å². The molecule has 0 aromatic carbocycles.